The fourth-order valence-corrected chi connectivity index (χ4v) is 11.8. The summed E-state index contributed by atoms with van der Waals surface area (Å²) in [6, 6.07) is 35.0. The van der Waals surface area contributed by atoms with Crippen LogP contribution in [-0.4, -0.2) is 153 Å². The molecule has 12 N–H and O–H groups in total. The van der Waals surface area contributed by atoms with Crippen LogP contribution >= 0.6 is 11.6 Å². The minimum Gasteiger partial charge on any atom is -0.449 e. The van der Waals surface area contributed by atoms with E-state index in [1.54, 1.807) is 52.3 Å². The monoisotopic (exact) mass is 1220 g/mol. The number of rotatable bonds is 23. The Morgan fingerprint density at radius 2 is 1.31 bits per heavy atom. The Bertz CT molecular complexity index is 3710. The van der Waals surface area contributed by atoms with Crippen LogP contribution in [0.15, 0.2) is 127 Å². The quantitative estimate of drug-likeness (QED) is 0.0226. The van der Waals surface area contributed by atoms with E-state index in [2.05, 4.69) is 59.2 Å². The molecular formula is C64H70ClN13O10. The Kier molecular flexibility index (Phi) is 19.7. The third-order valence-corrected chi connectivity index (χ3v) is 16.4. The van der Waals surface area contributed by atoms with E-state index in [0.29, 0.717) is 65.5 Å². The van der Waals surface area contributed by atoms with Crippen LogP contribution in [-0.2, 0) is 14.3 Å². The topological polar surface area (TPSA) is 317 Å². The SMILES string of the molecule is CN1CCN(C(=O)Oc2cc3c(c4ccccc24)[C@H](CCl)CN3C(=O)c2cc3cc(NC(=O)c4ccc(NC(=O)[C@H](CCCNC(N)=O)NC(=O)[C@H](CCCNC(N)=O)NCCNC(=O)OCC5c6ccccc6-c6ccccc65)cc4)ccc3[nH]2)CC1. The van der Waals surface area contributed by atoms with Crippen LogP contribution < -0.4 is 58.3 Å². The number of alkyl halides is 1. The molecular weight excluding hydrogens is 1150 g/mol. The third kappa shape index (κ3) is 14.6. The lowest BCUT2D eigenvalue weighted by molar-refractivity contribution is -0.128. The highest BCUT2D eigenvalue weighted by atomic mass is 35.5. The molecule has 0 unspecified atom stereocenters. The number of amides is 10. The normalized spacial score (nSPS) is 15.1. The van der Waals surface area contributed by atoms with Gasteiger partial charge in [-0.15, -0.1) is 11.6 Å². The summed E-state index contributed by atoms with van der Waals surface area (Å²) in [4.78, 5) is 114. The number of H-pyrrole nitrogens is 1. The van der Waals surface area contributed by atoms with E-state index >= 15 is 0 Å². The zero-order chi connectivity index (χ0) is 61.8. The number of urea groups is 2. The lowest BCUT2D eigenvalue weighted by Gasteiger charge is -2.31. The molecule has 0 saturated carbocycles. The molecule has 10 amide bonds. The second kappa shape index (κ2) is 28.2. The Morgan fingerprint density at radius 3 is 1.98 bits per heavy atom. The van der Waals surface area contributed by atoms with Crippen LogP contribution in [0, 0.1) is 0 Å². The fourth-order valence-electron chi connectivity index (χ4n) is 11.5. The summed E-state index contributed by atoms with van der Waals surface area (Å²) >= 11 is 6.58. The number of nitrogens with two attached hydrogens (primary N) is 2. The van der Waals surface area contributed by atoms with E-state index in [-0.39, 0.29) is 81.2 Å². The smallest absolute Gasteiger partial charge is 0.415 e. The Morgan fingerprint density at radius 1 is 0.670 bits per heavy atom. The van der Waals surface area contributed by atoms with Gasteiger partial charge in [-0.05, 0) is 114 Å². The van der Waals surface area contributed by atoms with Gasteiger partial charge in [0.15, 0.2) is 0 Å². The molecule has 10 rings (SSSR count). The summed E-state index contributed by atoms with van der Waals surface area (Å²) in [6.45, 7) is 3.49. The molecule has 88 heavy (non-hydrogen) atoms. The summed E-state index contributed by atoms with van der Waals surface area (Å²) in [7, 11) is 2.01. The number of hydrogen-bond acceptors (Lipinski definition) is 12. The largest absolute Gasteiger partial charge is 0.449 e. The number of benzene rings is 6. The van der Waals surface area contributed by atoms with E-state index < -0.39 is 54.1 Å². The molecule has 7 aromatic rings. The number of carbonyl (C=O) groups is 8. The van der Waals surface area contributed by atoms with Gasteiger partial charge < -0.3 is 77.8 Å². The molecule has 23 nitrogen and oxygen atoms in total. The number of hydrogen-bond donors (Lipinski definition) is 10. The number of primary amides is 2. The lowest BCUT2D eigenvalue weighted by atomic mass is 9.95. The van der Waals surface area contributed by atoms with Crippen molar-refractivity contribution in [3.8, 4) is 16.9 Å². The van der Waals surface area contributed by atoms with Crippen LogP contribution in [0.5, 0.6) is 5.75 Å². The van der Waals surface area contributed by atoms with Gasteiger partial charge in [0.25, 0.3) is 11.8 Å². The number of nitrogens with zero attached hydrogens (tertiary/aromatic N) is 3. The number of anilines is 3. The number of piperazine rings is 1. The molecule has 1 aromatic heterocycles. The number of likely N-dealkylation sites (N-methyl/N-ethyl adjacent to an activating group) is 1. The van der Waals surface area contributed by atoms with Gasteiger partial charge in [0, 0.05) is 116 Å². The number of aromatic nitrogens is 1. The number of halogens is 1. The number of carbonyl (C=O) groups excluding carboxylic acids is 8. The maximum atomic E-state index is 14.5. The van der Waals surface area contributed by atoms with Crippen LogP contribution in [0.25, 0.3) is 32.8 Å². The number of ether oxygens (including phenoxy) is 2. The van der Waals surface area contributed by atoms with E-state index in [1.165, 1.54) is 12.1 Å². The van der Waals surface area contributed by atoms with Crippen LogP contribution in [0.4, 0.5) is 36.2 Å². The van der Waals surface area contributed by atoms with E-state index in [9.17, 15) is 38.4 Å². The van der Waals surface area contributed by atoms with Crippen molar-refractivity contribution in [2.24, 2.45) is 11.5 Å². The van der Waals surface area contributed by atoms with Crippen LogP contribution in [0.3, 0.4) is 0 Å². The zero-order valence-electron chi connectivity index (χ0n) is 48.5. The molecule has 3 heterocycles. The molecule has 1 fully saturated rings. The average molecular weight is 1220 g/mol. The van der Waals surface area contributed by atoms with Gasteiger partial charge in [-0.1, -0.05) is 72.8 Å². The van der Waals surface area contributed by atoms with Crippen molar-refractivity contribution >= 4 is 98.2 Å². The van der Waals surface area contributed by atoms with Crippen LogP contribution in [0.2, 0.25) is 0 Å². The van der Waals surface area contributed by atoms with Crippen molar-refractivity contribution in [1.29, 1.82) is 0 Å². The van der Waals surface area contributed by atoms with Crippen LogP contribution in [0.1, 0.15) is 75.1 Å². The van der Waals surface area contributed by atoms with Crippen molar-refractivity contribution < 1.29 is 47.8 Å². The van der Waals surface area contributed by atoms with Gasteiger partial charge in [0.2, 0.25) is 11.8 Å². The van der Waals surface area contributed by atoms with Crippen molar-refractivity contribution in [3.63, 3.8) is 0 Å². The molecule has 0 spiro atoms. The Balaban J connectivity index is 0.753. The third-order valence-electron chi connectivity index (χ3n) is 16.1. The number of fused-ring (bicyclic) bond motifs is 7. The van der Waals surface area contributed by atoms with E-state index in [0.717, 1.165) is 51.7 Å². The Labute approximate surface area is 512 Å². The predicted molar refractivity (Wildman–Crippen MR) is 336 cm³/mol. The zero-order valence-corrected chi connectivity index (χ0v) is 49.3. The molecule has 2 aliphatic heterocycles. The van der Waals surface area contributed by atoms with Gasteiger partial charge in [-0.25, -0.2) is 19.2 Å². The summed E-state index contributed by atoms with van der Waals surface area (Å²) in [5, 5.41) is 21.7. The fraction of sp³-hybridized carbons (Fsp3) is 0.312. The highest BCUT2D eigenvalue weighted by Gasteiger charge is 2.37. The maximum absolute atomic E-state index is 14.5. The molecule has 1 saturated heterocycles. The average Bonchev–Trinajstić information content (AvgIpc) is 1.60. The molecule has 24 heteroatoms. The summed E-state index contributed by atoms with van der Waals surface area (Å²) < 4.78 is 11.7. The maximum Gasteiger partial charge on any atom is 0.415 e. The predicted octanol–water partition coefficient (Wildman–Crippen LogP) is 7.12. The summed E-state index contributed by atoms with van der Waals surface area (Å²) in [5.41, 5.74) is 18.4. The molecule has 458 valence electrons. The minimum absolute atomic E-state index is 0.0912. The summed E-state index contributed by atoms with van der Waals surface area (Å²) in [6.07, 6.45) is -0.194. The molecule has 0 bridgehead atoms. The first-order valence-corrected chi connectivity index (χ1v) is 29.8. The first-order valence-electron chi connectivity index (χ1n) is 29.3. The van der Waals surface area contributed by atoms with Gasteiger partial charge in [0.1, 0.15) is 24.1 Å². The second-order valence-corrected chi connectivity index (χ2v) is 22.3. The molecule has 3 atom stereocenters. The van der Waals surface area contributed by atoms with Gasteiger partial charge in [-0.2, -0.15) is 0 Å². The first-order chi connectivity index (χ1) is 42.6. The molecule has 1 aliphatic carbocycles. The van der Waals surface area contributed by atoms with Gasteiger partial charge >= 0.3 is 24.2 Å². The molecule has 6 aromatic carbocycles. The highest BCUT2D eigenvalue weighted by molar-refractivity contribution is 6.19. The van der Waals surface area contributed by atoms with Gasteiger partial charge in [-0.3, -0.25) is 19.2 Å². The number of aromatic amines is 1. The first kappa shape index (κ1) is 61.4. The molecule has 0 radical (unpaired) electrons. The van der Waals surface area contributed by atoms with Crippen molar-refractivity contribution in [2.45, 2.75) is 49.6 Å². The molecule has 3 aliphatic rings. The number of alkyl carbamates (subject to hydrolysis) is 1. The van der Waals surface area contributed by atoms with E-state index in [4.69, 9.17) is 32.5 Å². The van der Waals surface area contributed by atoms with Crippen molar-refractivity contribution in [2.75, 3.05) is 94.0 Å². The van der Waals surface area contributed by atoms with Crippen molar-refractivity contribution in [1.82, 2.24) is 41.4 Å². The second-order valence-electron chi connectivity index (χ2n) is 22.0. The van der Waals surface area contributed by atoms with Gasteiger partial charge in [0.05, 0.1) is 11.7 Å². The Hall–Kier alpha value is -9.71. The minimum atomic E-state index is -1.11. The lowest BCUT2D eigenvalue weighted by Crippen LogP contribution is -2.52. The van der Waals surface area contributed by atoms with Crippen molar-refractivity contribution in [3.05, 3.63) is 155 Å². The summed E-state index contributed by atoms with van der Waals surface area (Å²) in [5.74, 6) is -1.60. The number of nitrogens with one attached hydrogen (secondary N) is 8. The standard InChI is InChI=1S/C64H70ClN13O10/c1-76-28-30-77(31-29-76)64(86)88-55-34-54-56(48-15-7-6-14-47(48)55)40(35-65)36-78(54)60(82)53-33-39-32-42(22-23-50(39)74-53)73-57(79)38-18-20-41(21-19-38)72-59(81)52(17-9-25-70-62(67)84)75-58(80)51(16-8-24-69-61(66)83)68-26-27-71-63(85)87-37-49-45-12-4-2-10-43(45)44-11-3-5-13-46(44)49/h2-7,10-15,18-23,32-34,40,49,51-52,68,74H,8-9,16-17,24-31,35-37H2,1H3,(H,71,85)(H,72,81)(H,73,79)(H,75,80)(H3,66,69,83)(H3,67,70,84)/t40-,51+,52+/m1/s1. The highest BCUT2D eigenvalue weighted by Crippen LogP contribution is 2.47. The van der Waals surface area contributed by atoms with E-state index in [1.807, 2.05) is 67.7 Å².